The van der Waals surface area contributed by atoms with Gasteiger partial charge in [-0.15, -0.1) is 0 Å². The van der Waals surface area contributed by atoms with E-state index in [1.54, 1.807) is 6.08 Å². The van der Waals surface area contributed by atoms with Crippen LogP contribution in [0, 0.1) is 11.3 Å². The van der Waals surface area contributed by atoms with Crippen LogP contribution in [-0.2, 0) is 14.8 Å². The third-order valence-corrected chi connectivity index (χ3v) is 6.46. The van der Waals surface area contributed by atoms with Gasteiger partial charge in [-0.1, -0.05) is 32.1 Å². The fourth-order valence-corrected chi connectivity index (χ4v) is 5.77. The lowest BCUT2D eigenvalue weighted by Gasteiger charge is -2.48. The molecule has 0 radical (unpaired) electrons. The van der Waals surface area contributed by atoms with Gasteiger partial charge in [0.2, 0.25) is 5.91 Å². The van der Waals surface area contributed by atoms with Crippen LogP contribution in [0.15, 0.2) is 23.1 Å². The first-order valence-corrected chi connectivity index (χ1v) is 7.75. The highest BCUT2D eigenvalue weighted by Gasteiger charge is 2.57. The monoisotopic (exact) mass is 267 g/mol. The maximum Gasteiger partial charge on any atom is 0.263 e. The van der Waals surface area contributed by atoms with Gasteiger partial charge in [-0.2, -0.15) is 0 Å². The minimum Gasteiger partial charge on any atom is -0.274 e. The highest BCUT2D eigenvalue weighted by Crippen LogP contribution is 2.52. The zero-order valence-corrected chi connectivity index (χ0v) is 11.4. The molecule has 2 heterocycles. The van der Waals surface area contributed by atoms with Crippen molar-refractivity contribution >= 4 is 15.9 Å². The molecule has 0 aromatic rings. The first-order chi connectivity index (χ1) is 8.37. The van der Waals surface area contributed by atoms with Crippen molar-refractivity contribution in [1.82, 2.24) is 4.31 Å². The molecule has 3 aliphatic rings. The van der Waals surface area contributed by atoms with Crippen molar-refractivity contribution in [3.05, 3.63) is 23.1 Å². The maximum absolute atomic E-state index is 12.5. The number of carbonyl (C=O) groups is 1. The van der Waals surface area contributed by atoms with Gasteiger partial charge in [0.25, 0.3) is 10.0 Å². The minimum absolute atomic E-state index is 0.0941. The summed E-state index contributed by atoms with van der Waals surface area (Å²) in [5.41, 5.74) is -0.222. The average Bonchev–Trinajstić information content (AvgIpc) is 2.71. The molecule has 2 saturated heterocycles. The summed E-state index contributed by atoms with van der Waals surface area (Å²) in [7, 11) is -3.59. The first kappa shape index (κ1) is 12.0. The largest absolute Gasteiger partial charge is 0.274 e. The van der Waals surface area contributed by atoms with Crippen LogP contribution in [0.1, 0.15) is 33.1 Å². The highest BCUT2D eigenvalue weighted by molar-refractivity contribution is 7.93. The van der Waals surface area contributed by atoms with Gasteiger partial charge in [0, 0.05) is 12.3 Å². The topological polar surface area (TPSA) is 54.5 Å². The van der Waals surface area contributed by atoms with Gasteiger partial charge in [0.05, 0.1) is 10.9 Å². The summed E-state index contributed by atoms with van der Waals surface area (Å²) >= 11 is 0. The standard InChI is InChI=1S/C13H17NO3S/c1-13(2)9-5-3-4-6-10(9)18(16,17)14-11(13)7-8-12(14)15/h3,5-6,9,11H,4,7-8H2,1-2H3/t9-,11-/m0/s1. The molecule has 2 fully saturated rings. The van der Waals surface area contributed by atoms with Crippen LogP contribution < -0.4 is 0 Å². The molecular formula is C13H17NO3S. The van der Waals surface area contributed by atoms with Crippen LogP contribution in [0.4, 0.5) is 0 Å². The van der Waals surface area contributed by atoms with Crippen LogP contribution in [0.2, 0.25) is 0 Å². The molecule has 1 aliphatic carbocycles. The second kappa shape index (κ2) is 3.47. The Morgan fingerprint density at radius 1 is 1.39 bits per heavy atom. The van der Waals surface area contributed by atoms with E-state index in [9.17, 15) is 13.2 Å². The molecule has 2 atom stereocenters. The van der Waals surface area contributed by atoms with Gasteiger partial charge in [-0.25, -0.2) is 12.7 Å². The number of carbonyl (C=O) groups excluding carboxylic acids is 1. The number of allylic oxidation sites excluding steroid dienone is 4. The highest BCUT2D eigenvalue weighted by atomic mass is 32.2. The number of fused-ring (bicyclic) bond motifs is 2. The van der Waals surface area contributed by atoms with Gasteiger partial charge in [-0.05, 0) is 18.3 Å². The Balaban J connectivity index is 2.21. The van der Waals surface area contributed by atoms with E-state index in [-0.39, 0.29) is 23.3 Å². The Bertz CT molecular complexity index is 571. The van der Waals surface area contributed by atoms with E-state index in [1.165, 1.54) is 0 Å². The van der Waals surface area contributed by atoms with Gasteiger partial charge in [0.15, 0.2) is 0 Å². The van der Waals surface area contributed by atoms with Crippen LogP contribution in [0.25, 0.3) is 0 Å². The normalized spacial score (nSPS) is 36.0. The molecular weight excluding hydrogens is 250 g/mol. The first-order valence-electron chi connectivity index (χ1n) is 6.31. The van der Waals surface area contributed by atoms with E-state index >= 15 is 0 Å². The van der Waals surface area contributed by atoms with Crippen molar-refractivity contribution in [3.8, 4) is 0 Å². The number of sulfonamides is 1. The quantitative estimate of drug-likeness (QED) is 0.629. The number of rotatable bonds is 0. The fraction of sp³-hybridized carbons (Fsp3) is 0.615. The van der Waals surface area contributed by atoms with Gasteiger partial charge < -0.3 is 0 Å². The molecule has 0 aromatic carbocycles. The van der Waals surface area contributed by atoms with E-state index in [1.807, 2.05) is 12.2 Å². The van der Waals surface area contributed by atoms with Crippen molar-refractivity contribution in [2.75, 3.05) is 0 Å². The molecule has 0 spiro atoms. The Morgan fingerprint density at radius 2 is 2.11 bits per heavy atom. The van der Waals surface area contributed by atoms with E-state index < -0.39 is 10.0 Å². The Hall–Kier alpha value is -1.10. The van der Waals surface area contributed by atoms with Gasteiger partial charge in [0.1, 0.15) is 0 Å². The molecule has 0 unspecified atom stereocenters. The Labute approximate surface area is 107 Å². The number of hydrogen-bond acceptors (Lipinski definition) is 3. The molecule has 0 aromatic heterocycles. The zero-order chi connectivity index (χ0) is 13.1. The number of amides is 1. The van der Waals surface area contributed by atoms with Crippen molar-refractivity contribution in [2.24, 2.45) is 11.3 Å². The third-order valence-electron chi connectivity index (χ3n) is 4.47. The lowest BCUT2D eigenvalue weighted by atomic mass is 9.71. The number of nitrogens with zero attached hydrogens (tertiary/aromatic N) is 1. The van der Waals surface area contributed by atoms with E-state index in [0.717, 1.165) is 4.31 Å². The Kier molecular flexibility index (Phi) is 2.31. The van der Waals surface area contributed by atoms with Crippen molar-refractivity contribution in [2.45, 2.75) is 39.2 Å². The van der Waals surface area contributed by atoms with Crippen molar-refractivity contribution < 1.29 is 13.2 Å². The predicted octanol–water partition coefficient (Wildman–Crippen LogP) is 1.81. The smallest absolute Gasteiger partial charge is 0.263 e. The zero-order valence-electron chi connectivity index (χ0n) is 10.6. The fourth-order valence-electron chi connectivity index (χ4n) is 3.46. The molecule has 3 rings (SSSR count). The summed E-state index contributed by atoms with van der Waals surface area (Å²) in [5.74, 6) is -0.342. The van der Waals surface area contributed by atoms with E-state index in [4.69, 9.17) is 0 Å². The van der Waals surface area contributed by atoms with Gasteiger partial charge in [-0.3, -0.25) is 4.79 Å². The molecule has 5 heteroatoms. The summed E-state index contributed by atoms with van der Waals surface area (Å²) < 4.78 is 26.2. The van der Waals surface area contributed by atoms with E-state index in [0.29, 0.717) is 24.2 Å². The second-order valence-corrected chi connectivity index (χ2v) is 7.63. The van der Waals surface area contributed by atoms with Crippen LogP contribution >= 0.6 is 0 Å². The summed E-state index contributed by atoms with van der Waals surface area (Å²) in [5, 5.41) is 0. The number of hydrogen-bond donors (Lipinski definition) is 0. The molecule has 1 amide bonds. The molecule has 2 aliphatic heterocycles. The summed E-state index contributed by atoms with van der Waals surface area (Å²) in [6, 6.07) is -0.195. The molecule has 0 saturated carbocycles. The average molecular weight is 267 g/mol. The lowest BCUT2D eigenvalue weighted by molar-refractivity contribution is -0.125. The predicted molar refractivity (Wildman–Crippen MR) is 67.9 cm³/mol. The van der Waals surface area contributed by atoms with Crippen LogP contribution in [-0.4, -0.2) is 24.7 Å². The van der Waals surface area contributed by atoms with Crippen molar-refractivity contribution in [1.29, 1.82) is 0 Å². The summed E-state index contributed by atoms with van der Waals surface area (Å²) in [6.07, 6.45) is 7.38. The molecule has 4 nitrogen and oxygen atoms in total. The molecule has 0 bridgehead atoms. The van der Waals surface area contributed by atoms with E-state index in [2.05, 4.69) is 13.8 Å². The lowest BCUT2D eigenvalue weighted by Crippen LogP contribution is -2.55. The maximum atomic E-state index is 12.5. The SMILES string of the molecule is CC1(C)[C@@H]2CCC(=O)N2S(=O)(=O)C2=CCC=C[C@@H]21. The van der Waals surface area contributed by atoms with Crippen LogP contribution in [0.5, 0.6) is 0 Å². The second-order valence-electron chi connectivity index (χ2n) is 5.82. The molecule has 0 N–H and O–H groups in total. The third kappa shape index (κ3) is 1.31. The minimum atomic E-state index is -3.59. The Morgan fingerprint density at radius 3 is 2.83 bits per heavy atom. The van der Waals surface area contributed by atoms with Crippen LogP contribution in [0.3, 0.4) is 0 Å². The summed E-state index contributed by atoms with van der Waals surface area (Å²) in [4.78, 5) is 12.3. The molecule has 18 heavy (non-hydrogen) atoms. The summed E-state index contributed by atoms with van der Waals surface area (Å²) in [6.45, 7) is 4.12. The van der Waals surface area contributed by atoms with Gasteiger partial charge >= 0.3 is 0 Å². The van der Waals surface area contributed by atoms with Crippen molar-refractivity contribution in [3.63, 3.8) is 0 Å². The molecule has 98 valence electrons.